The molecule has 7 nitrogen and oxygen atoms in total. The van der Waals surface area contributed by atoms with Gasteiger partial charge in [-0.2, -0.15) is 9.40 Å². The van der Waals surface area contributed by atoms with Crippen molar-refractivity contribution >= 4 is 31.9 Å². The molecule has 0 spiro atoms. The number of rotatable bonds is 5. The number of aryl methyl sites for hydroxylation is 1. The average Bonchev–Trinajstić information content (AvgIpc) is 2.98. The smallest absolute Gasteiger partial charge is 0.243 e. The molecule has 140 valence electrons. The van der Waals surface area contributed by atoms with Gasteiger partial charge in [0.25, 0.3) is 0 Å². The van der Waals surface area contributed by atoms with Crippen LogP contribution in [0.25, 0.3) is 0 Å². The Morgan fingerprint density at radius 3 is 2.50 bits per heavy atom. The Hall–Kier alpha value is -1.71. The molecule has 2 aromatic rings. The standard InChI is InChI=1S/C17H21BrN4O3S/c1-21-16(15(18)11-20-21)12-19-17(23)13-7-9-22(10-8-13)26(24,25)14-5-3-2-4-6-14/h2-6,11,13H,7-10,12H2,1H3,(H,19,23). The Balaban J connectivity index is 1.56. The quantitative estimate of drug-likeness (QED) is 0.769. The normalized spacial score (nSPS) is 16.5. The highest BCUT2D eigenvalue weighted by Gasteiger charge is 2.32. The first-order valence-electron chi connectivity index (χ1n) is 8.39. The Bertz CT molecular complexity index is 855. The third kappa shape index (κ3) is 3.99. The molecule has 0 atom stereocenters. The minimum absolute atomic E-state index is 0.0464. The Kier molecular flexibility index (Phi) is 5.79. The fourth-order valence-electron chi connectivity index (χ4n) is 3.05. The van der Waals surface area contributed by atoms with Crippen molar-refractivity contribution in [3.8, 4) is 0 Å². The van der Waals surface area contributed by atoms with Crippen molar-refractivity contribution in [2.24, 2.45) is 13.0 Å². The van der Waals surface area contributed by atoms with Gasteiger partial charge in [0.15, 0.2) is 0 Å². The number of piperidine rings is 1. The molecule has 1 amide bonds. The highest BCUT2D eigenvalue weighted by Crippen LogP contribution is 2.24. The van der Waals surface area contributed by atoms with E-state index in [4.69, 9.17) is 0 Å². The van der Waals surface area contributed by atoms with Crippen molar-refractivity contribution in [1.82, 2.24) is 19.4 Å². The lowest BCUT2D eigenvalue weighted by atomic mass is 9.97. The van der Waals surface area contributed by atoms with Gasteiger partial charge in [0, 0.05) is 26.1 Å². The fourth-order valence-corrected chi connectivity index (χ4v) is 5.03. The molecule has 1 aliphatic heterocycles. The van der Waals surface area contributed by atoms with Gasteiger partial charge in [-0.25, -0.2) is 8.42 Å². The molecular weight excluding hydrogens is 420 g/mol. The summed E-state index contributed by atoms with van der Waals surface area (Å²) in [5, 5.41) is 7.04. The maximum atomic E-state index is 12.6. The lowest BCUT2D eigenvalue weighted by Gasteiger charge is -2.30. The number of benzene rings is 1. The zero-order valence-electron chi connectivity index (χ0n) is 14.4. The summed E-state index contributed by atoms with van der Waals surface area (Å²) in [7, 11) is -1.67. The van der Waals surface area contributed by atoms with Crippen LogP contribution in [0.2, 0.25) is 0 Å². The first-order chi connectivity index (χ1) is 12.4. The minimum Gasteiger partial charge on any atom is -0.350 e. The zero-order valence-corrected chi connectivity index (χ0v) is 16.8. The van der Waals surface area contributed by atoms with E-state index < -0.39 is 10.0 Å². The number of amides is 1. The summed E-state index contributed by atoms with van der Waals surface area (Å²) in [5.74, 6) is -0.223. The summed E-state index contributed by atoms with van der Waals surface area (Å²) >= 11 is 3.41. The Morgan fingerprint density at radius 2 is 1.92 bits per heavy atom. The first-order valence-corrected chi connectivity index (χ1v) is 10.6. The van der Waals surface area contributed by atoms with Crippen LogP contribution in [0.3, 0.4) is 0 Å². The van der Waals surface area contributed by atoms with Crippen molar-refractivity contribution in [1.29, 1.82) is 0 Å². The molecule has 1 aromatic heterocycles. The van der Waals surface area contributed by atoms with E-state index in [-0.39, 0.29) is 11.8 Å². The van der Waals surface area contributed by atoms with Gasteiger partial charge in [0.2, 0.25) is 15.9 Å². The molecule has 0 saturated carbocycles. The van der Waals surface area contributed by atoms with Crippen LogP contribution in [-0.4, -0.2) is 41.5 Å². The predicted octanol–water partition coefficient (Wildman–Crippen LogP) is 1.90. The predicted molar refractivity (Wildman–Crippen MR) is 101 cm³/mol. The second-order valence-corrected chi connectivity index (χ2v) is 9.06. The van der Waals surface area contributed by atoms with Crippen molar-refractivity contribution < 1.29 is 13.2 Å². The van der Waals surface area contributed by atoms with E-state index >= 15 is 0 Å². The van der Waals surface area contributed by atoms with E-state index in [0.29, 0.717) is 37.4 Å². The maximum Gasteiger partial charge on any atom is 0.243 e. The van der Waals surface area contributed by atoms with Crippen LogP contribution in [0.4, 0.5) is 0 Å². The van der Waals surface area contributed by atoms with Crippen molar-refractivity contribution in [3.05, 3.63) is 46.7 Å². The molecule has 1 aromatic carbocycles. The third-order valence-corrected chi connectivity index (χ3v) is 7.22. The average molecular weight is 441 g/mol. The van der Waals surface area contributed by atoms with Gasteiger partial charge in [0.1, 0.15) is 0 Å². The number of carbonyl (C=O) groups excluding carboxylic acids is 1. The molecule has 1 saturated heterocycles. The number of carbonyl (C=O) groups is 1. The second kappa shape index (κ2) is 7.89. The van der Waals surface area contributed by atoms with Gasteiger partial charge in [-0.3, -0.25) is 9.48 Å². The van der Waals surface area contributed by atoms with Crippen molar-refractivity contribution in [2.45, 2.75) is 24.3 Å². The van der Waals surface area contributed by atoms with Gasteiger partial charge < -0.3 is 5.32 Å². The molecule has 1 fully saturated rings. The zero-order chi connectivity index (χ0) is 18.7. The summed E-state index contributed by atoms with van der Waals surface area (Å²) in [6.07, 6.45) is 2.73. The van der Waals surface area contributed by atoms with Crippen molar-refractivity contribution in [2.75, 3.05) is 13.1 Å². The van der Waals surface area contributed by atoms with E-state index in [0.717, 1.165) is 10.2 Å². The Morgan fingerprint density at radius 1 is 1.27 bits per heavy atom. The van der Waals surface area contributed by atoms with Crippen LogP contribution >= 0.6 is 15.9 Å². The molecule has 1 aliphatic rings. The van der Waals surface area contributed by atoms with Crippen LogP contribution in [0.15, 0.2) is 45.9 Å². The van der Waals surface area contributed by atoms with E-state index in [1.165, 1.54) is 4.31 Å². The van der Waals surface area contributed by atoms with Gasteiger partial charge in [-0.05, 0) is 40.9 Å². The summed E-state index contributed by atoms with van der Waals surface area (Å²) in [5.41, 5.74) is 0.891. The number of sulfonamides is 1. The highest BCUT2D eigenvalue weighted by molar-refractivity contribution is 9.10. The third-order valence-electron chi connectivity index (χ3n) is 4.65. The first kappa shape index (κ1) is 19.1. The van der Waals surface area contributed by atoms with E-state index in [1.54, 1.807) is 41.2 Å². The molecule has 0 radical (unpaired) electrons. The fraction of sp³-hybridized carbons (Fsp3) is 0.412. The van der Waals surface area contributed by atoms with Gasteiger partial charge in [0.05, 0.1) is 27.8 Å². The summed E-state index contributed by atoms with van der Waals surface area (Å²) in [4.78, 5) is 12.7. The lowest BCUT2D eigenvalue weighted by molar-refractivity contribution is -0.126. The molecule has 26 heavy (non-hydrogen) atoms. The number of nitrogens with one attached hydrogen (secondary N) is 1. The van der Waals surface area contributed by atoms with Gasteiger partial charge in [-0.15, -0.1) is 0 Å². The van der Waals surface area contributed by atoms with Crippen LogP contribution in [0.5, 0.6) is 0 Å². The van der Waals surface area contributed by atoms with E-state index in [2.05, 4.69) is 26.3 Å². The molecule has 3 rings (SSSR count). The molecule has 2 heterocycles. The topological polar surface area (TPSA) is 84.3 Å². The summed E-state index contributed by atoms with van der Waals surface area (Å²) < 4.78 is 29.3. The van der Waals surface area contributed by atoms with Crippen LogP contribution < -0.4 is 5.32 Å². The van der Waals surface area contributed by atoms with E-state index in [9.17, 15) is 13.2 Å². The molecular formula is C17H21BrN4O3S. The number of halogens is 1. The second-order valence-electron chi connectivity index (χ2n) is 6.27. The lowest BCUT2D eigenvalue weighted by Crippen LogP contribution is -2.42. The van der Waals surface area contributed by atoms with Gasteiger partial charge in [-0.1, -0.05) is 18.2 Å². The molecule has 0 unspecified atom stereocenters. The number of nitrogens with zero attached hydrogens (tertiary/aromatic N) is 3. The van der Waals surface area contributed by atoms with Crippen LogP contribution in [0.1, 0.15) is 18.5 Å². The summed E-state index contributed by atoms with van der Waals surface area (Å²) in [6, 6.07) is 8.41. The van der Waals surface area contributed by atoms with Crippen LogP contribution in [0, 0.1) is 5.92 Å². The van der Waals surface area contributed by atoms with E-state index in [1.807, 2.05) is 7.05 Å². The number of aromatic nitrogens is 2. The Labute approximate surface area is 161 Å². The summed E-state index contributed by atoms with van der Waals surface area (Å²) in [6.45, 7) is 1.09. The SMILES string of the molecule is Cn1ncc(Br)c1CNC(=O)C1CCN(S(=O)(=O)c2ccccc2)CC1. The largest absolute Gasteiger partial charge is 0.350 e. The maximum absolute atomic E-state index is 12.6. The molecule has 0 bridgehead atoms. The highest BCUT2D eigenvalue weighted by atomic mass is 79.9. The number of hydrogen-bond donors (Lipinski definition) is 1. The minimum atomic E-state index is -3.49. The molecule has 9 heteroatoms. The molecule has 1 N–H and O–H groups in total. The monoisotopic (exact) mass is 440 g/mol. The van der Waals surface area contributed by atoms with Gasteiger partial charge >= 0.3 is 0 Å². The van der Waals surface area contributed by atoms with Crippen molar-refractivity contribution in [3.63, 3.8) is 0 Å². The number of hydrogen-bond acceptors (Lipinski definition) is 4. The molecule has 0 aliphatic carbocycles. The van der Waals surface area contributed by atoms with Crippen LogP contribution in [-0.2, 0) is 28.4 Å².